The van der Waals surface area contributed by atoms with Gasteiger partial charge in [-0.05, 0) is 5.56 Å². The van der Waals surface area contributed by atoms with Gasteiger partial charge >= 0.3 is 12.1 Å². The highest BCUT2D eigenvalue weighted by Crippen LogP contribution is 2.40. The normalized spacial score (nSPS) is 11.9. The van der Waals surface area contributed by atoms with Crippen LogP contribution in [0.3, 0.4) is 0 Å². The Hall–Kier alpha value is -1.93. The molecule has 0 aliphatic heterocycles. The minimum atomic E-state index is -5.10. The highest BCUT2D eigenvalue weighted by atomic mass is 19.4. The fourth-order valence-electron chi connectivity index (χ4n) is 1.31. The first-order valence-electron chi connectivity index (χ1n) is 4.42. The van der Waals surface area contributed by atoms with Gasteiger partial charge in [-0.15, -0.1) is 0 Å². The standard InChI is InChI=1S/C9H6F5NO3/c10-8(11)5-3(1-4(16)17)2-15-7(6(5)18)9(12,13)14/h2,8,18H,1H2,(H,16,17). The number of aromatic hydroxyl groups is 1. The number of carboxylic acids is 1. The molecule has 100 valence electrons. The van der Waals surface area contributed by atoms with E-state index in [1.165, 1.54) is 0 Å². The molecule has 0 spiro atoms. The molecule has 4 nitrogen and oxygen atoms in total. The van der Waals surface area contributed by atoms with E-state index < -0.39 is 47.6 Å². The summed E-state index contributed by atoms with van der Waals surface area (Å²) in [6.07, 6.45) is -9.13. The van der Waals surface area contributed by atoms with Gasteiger partial charge in [-0.2, -0.15) is 13.2 Å². The van der Waals surface area contributed by atoms with Crippen molar-refractivity contribution in [2.24, 2.45) is 0 Å². The minimum absolute atomic E-state index is 0.373. The smallest absolute Gasteiger partial charge is 0.437 e. The Kier molecular flexibility index (Phi) is 3.73. The minimum Gasteiger partial charge on any atom is -0.505 e. The zero-order valence-corrected chi connectivity index (χ0v) is 8.50. The second-order valence-corrected chi connectivity index (χ2v) is 3.26. The molecule has 0 aliphatic rings. The van der Waals surface area contributed by atoms with Crippen molar-refractivity contribution in [1.29, 1.82) is 0 Å². The molecule has 1 aromatic rings. The number of carboxylic acid groups (broad SMARTS) is 1. The van der Waals surface area contributed by atoms with Gasteiger partial charge in [-0.3, -0.25) is 4.79 Å². The maximum atomic E-state index is 12.6. The maximum absolute atomic E-state index is 12.6. The van der Waals surface area contributed by atoms with E-state index in [2.05, 4.69) is 4.98 Å². The van der Waals surface area contributed by atoms with E-state index in [1.54, 1.807) is 0 Å². The first kappa shape index (κ1) is 14.1. The van der Waals surface area contributed by atoms with Crippen molar-refractivity contribution >= 4 is 5.97 Å². The van der Waals surface area contributed by atoms with Gasteiger partial charge in [-0.25, -0.2) is 13.8 Å². The monoisotopic (exact) mass is 271 g/mol. The van der Waals surface area contributed by atoms with Crippen LogP contribution in [0.4, 0.5) is 22.0 Å². The van der Waals surface area contributed by atoms with E-state index >= 15 is 0 Å². The van der Waals surface area contributed by atoms with Crippen molar-refractivity contribution < 1.29 is 37.0 Å². The van der Waals surface area contributed by atoms with Crippen LogP contribution in [0.25, 0.3) is 0 Å². The number of aromatic nitrogens is 1. The van der Waals surface area contributed by atoms with Crippen LogP contribution >= 0.6 is 0 Å². The Morgan fingerprint density at radius 2 is 1.94 bits per heavy atom. The SMILES string of the molecule is O=C(O)Cc1cnc(C(F)(F)F)c(O)c1C(F)F. The predicted octanol–water partition coefficient (Wildman–Crippen LogP) is 2.37. The van der Waals surface area contributed by atoms with Crippen LogP contribution in [-0.4, -0.2) is 21.2 Å². The van der Waals surface area contributed by atoms with Gasteiger partial charge in [0.25, 0.3) is 6.43 Å². The molecule has 0 saturated heterocycles. The van der Waals surface area contributed by atoms with Crippen molar-refractivity contribution in [2.45, 2.75) is 19.0 Å². The number of halogens is 5. The van der Waals surface area contributed by atoms with Gasteiger partial charge < -0.3 is 10.2 Å². The van der Waals surface area contributed by atoms with Crippen LogP contribution in [0.2, 0.25) is 0 Å². The molecule has 0 radical (unpaired) electrons. The number of carbonyl (C=O) groups is 1. The summed E-state index contributed by atoms with van der Waals surface area (Å²) in [4.78, 5) is 13.1. The second kappa shape index (κ2) is 4.75. The van der Waals surface area contributed by atoms with Crippen LogP contribution < -0.4 is 0 Å². The molecule has 2 N–H and O–H groups in total. The fraction of sp³-hybridized carbons (Fsp3) is 0.333. The molecule has 1 rings (SSSR count). The molecule has 1 heterocycles. The number of pyridine rings is 1. The number of alkyl halides is 5. The summed E-state index contributed by atoms with van der Waals surface area (Å²) in [5.41, 5.74) is -3.89. The largest absolute Gasteiger partial charge is 0.505 e. The summed E-state index contributed by atoms with van der Waals surface area (Å²) in [7, 11) is 0. The number of hydrogen-bond donors (Lipinski definition) is 2. The summed E-state index contributed by atoms with van der Waals surface area (Å²) in [6, 6.07) is 0. The van der Waals surface area contributed by atoms with E-state index in [0.29, 0.717) is 6.20 Å². The summed E-state index contributed by atoms with van der Waals surface area (Å²) < 4.78 is 62.0. The van der Waals surface area contributed by atoms with Gasteiger partial charge in [0.05, 0.1) is 12.0 Å². The van der Waals surface area contributed by atoms with Gasteiger partial charge in [0.15, 0.2) is 11.4 Å². The molecule has 1 aromatic heterocycles. The molecule has 9 heteroatoms. The fourth-order valence-corrected chi connectivity index (χ4v) is 1.31. The number of rotatable bonds is 3. The van der Waals surface area contributed by atoms with Crippen LogP contribution in [0.15, 0.2) is 6.20 Å². The maximum Gasteiger partial charge on any atom is 0.437 e. The van der Waals surface area contributed by atoms with Crippen LogP contribution in [0, 0.1) is 0 Å². The van der Waals surface area contributed by atoms with E-state index in [9.17, 15) is 26.7 Å². The average molecular weight is 271 g/mol. The number of nitrogens with zero attached hydrogens (tertiary/aromatic N) is 1. The molecule has 0 aliphatic carbocycles. The third-order valence-corrected chi connectivity index (χ3v) is 2.00. The van der Waals surface area contributed by atoms with Crippen molar-refractivity contribution in [2.75, 3.05) is 0 Å². The summed E-state index contributed by atoms with van der Waals surface area (Å²) in [6.45, 7) is 0. The van der Waals surface area contributed by atoms with E-state index in [1.807, 2.05) is 0 Å². The summed E-state index contributed by atoms with van der Waals surface area (Å²) in [5.74, 6) is -3.27. The molecular weight excluding hydrogens is 265 g/mol. The first-order valence-corrected chi connectivity index (χ1v) is 4.42. The third-order valence-electron chi connectivity index (χ3n) is 2.00. The molecule has 0 aromatic carbocycles. The van der Waals surface area contributed by atoms with Crippen molar-refractivity contribution in [3.05, 3.63) is 23.0 Å². The lowest BCUT2D eigenvalue weighted by Gasteiger charge is -2.14. The Morgan fingerprint density at radius 3 is 2.33 bits per heavy atom. The first-order chi connectivity index (χ1) is 8.14. The highest BCUT2D eigenvalue weighted by molar-refractivity contribution is 5.71. The lowest BCUT2D eigenvalue weighted by atomic mass is 10.0. The van der Waals surface area contributed by atoms with Crippen LogP contribution in [0.5, 0.6) is 5.75 Å². The Bertz CT molecular complexity index is 472. The lowest BCUT2D eigenvalue weighted by Crippen LogP contribution is -2.13. The average Bonchev–Trinajstić information content (AvgIpc) is 2.13. The molecule has 0 amide bonds. The van der Waals surface area contributed by atoms with Gasteiger partial charge in [0.1, 0.15) is 0 Å². The number of hydrogen-bond acceptors (Lipinski definition) is 3. The molecule has 18 heavy (non-hydrogen) atoms. The zero-order valence-electron chi connectivity index (χ0n) is 8.50. The van der Waals surface area contributed by atoms with Gasteiger partial charge in [0, 0.05) is 6.20 Å². The van der Waals surface area contributed by atoms with Crippen molar-refractivity contribution in [3.63, 3.8) is 0 Å². The zero-order chi connectivity index (χ0) is 14.1. The quantitative estimate of drug-likeness (QED) is 0.828. The molecule has 0 bridgehead atoms. The Balaban J connectivity index is 3.42. The van der Waals surface area contributed by atoms with Crippen LogP contribution in [-0.2, 0) is 17.4 Å². The molecule has 0 saturated carbocycles. The molecular formula is C9H6F5NO3. The topological polar surface area (TPSA) is 70.4 Å². The molecule has 0 unspecified atom stereocenters. The van der Waals surface area contributed by atoms with Gasteiger partial charge in [0.2, 0.25) is 0 Å². The summed E-state index contributed by atoms with van der Waals surface area (Å²) >= 11 is 0. The number of aliphatic carboxylic acids is 1. The Morgan fingerprint density at radius 1 is 1.39 bits per heavy atom. The predicted molar refractivity (Wildman–Crippen MR) is 47.2 cm³/mol. The second-order valence-electron chi connectivity index (χ2n) is 3.26. The van der Waals surface area contributed by atoms with Crippen molar-refractivity contribution in [1.82, 2.24) is 4.98 Å². The lowest BCUT2D eigenvalue weighted by molar-refractivity contribution is -0.142. The van der Waals surface area contributed by atoms with Gasteiger partial charge in [-0.1, -0.05) is 0 Å². The third kappa shape index (κ3) is 2.84. The summed E-state index contributed by atoms with van der Waals surface area (Å²) in [5, 5.41) is 17.5. The molecule has 0 atom stereocenters. The van der Waals surface area contributed by atoms with E-state index in [-0.39, 0.29) is 0 Å². The van der Waals surface area contributed by atoms with E-state index in [0.717, 1.165) is 0 Å². The van der Waals surface area contributed by atoms with E-state index in [4.69, 9.17) is 10.2 Å². The Labute approximate surface area is 96.7 Å². The molecule has 0 fully saturated rings. The van der Waals surface area contributed by atoms with Crippen molar-refractivity contribution in [3.8, 4) is 5.75 Å². The van der Waals surface area contributed by atoms with Crippen LogP contribution in [0.1, 0.15) is 23.2 Å². The highest BCUT2D eigenvalue weighted by Gasteiger charge is 2.38.